The van der Waals surface area contributed by atoms with Crippen molar-refractivity contribution in [3.63, 3.8) is 0 Å². The van der Waals surface area contributed by atoms with E-state index in [1.54, 1.807) is 16.2 Å². The fraction of sp³-hybridized carbons (Fsp3) is 0.650. The highest BCUT2D eigenvalue weighted by atomic mass is 32.2. The number of sulfone groups is 1. The zero-order valence-corrected chi connectivity index (χ0v) is 18.9. The van der Waals surface area contributed by atoms with Crippen molar-refractivity contribution in [1.82, 2.24) is 15.1 Å². The van der Waals surface area contributed by atoms with Crippen LogP contribution in [0.2, 0.25) is 0 Å². The number of carbonyl (C=O) groups is 3. The van der Waals surface area contributed by atoms with Crippen LogP contribution >= 0.6 is 11.3 Å². The summed E-state index contributed by atoms with van der Waals surface area (Å²) in [5.41, 5.74) is -0.240. The predicted molar refractivity (Wildman–Crippen MR) is 113 cm³/mol. The SMILES string of the molecule is CCC(C)N(C(=O)CN1C(=O)NC2(CCCc3sccc32)C1=O)C1CCS(=O)(=O)C1. The Morgan fingerprint density at radius 3 is 2.87 bits per heavy atom. The number of carbonyl (C=O) groups excluding carboxylic acids is 3. The van der Waals surface area contributed by atoms with Crippen molar-refractivity contribution in [3.05, 3.63) is 21.9 Å². The molecule has 1 N–H and O–H groups in total. The quantitative estimate of drug-likeness (QED) is 0.683. The third-order valence-corrected chi connectivity index (χ3v) is 9.32. The number of nitrogens with one attached hydrogen (secondary N) is 1. The van der Waals surface area contributed by atoms with Gasteiger partial charge in [-0.2, -0.15) is 0 Å². The van der Waals surface area contributed by atoms with Crippen LogP contribution in [-0.2, 0) is 31.4 Å². The van der Waals surface area contributed by atoms with Gasteiger partial charge in [-0.3, -0.25) is 14.5 Å². The van der Waals surface area contributed by atoms with Gasteiger partial charge in [0.15, 0.2) is 9.84 Å². The van der Waals surface area contributed by atoms with Crippen LogP contribution in [-0.4, -0.2) is 66.2 Å². The van der Waals surface area contributed by atoms with E-state index in [1.165, 1.54) is 0 Å². The highest BCUT2D eigenvalue weighted by molar-refractivity contribution is 7.91. The first-order chi connectivity index (χ1) is 14.2. The predicted octanol–water partition coefficient (Wildman–Crippen LogP) is 1.65. The second-order valence-corrected chi connectivity index (χ2v) is 11.7. The lowest BCUT2D eigenvalue weighted by atomic mass is 9.80. The van der Waals surface area contributed by atoms with Crippen LogP contribution in [0.1, 0.15) is 50.0 Å². The summed E-state index contributed by atoms with van der Waals surface area (Å²) in [4.78, 5) is 43.0. The van der Waals surface area contributed by atoms with Gasteiger partial charge in [0, 0.05) is 22.5 Å². The van der Waals surface area contributed by atoms with Gasteiger partial charge in [-0.1, -0.05) is 6.92 Å². The highest BCUT2D eigenvalue weighted by Crippen LogP contribution is 2.42. The molecule has 1 aliphatic carbocycles. The number of rotatable bonds is 5. The van der Waals surface area contributed by atoms with Crippen LogP contribution in [0, 0.1) is 0 Å². The number of aryl methyl sites for hydroxylation is 1. The Morgan fingerprint density at radius 1 is 1.43 bits per heavy atom. The summed E-state index contributed by atoms with van der Waals surface area (Å²) in [5.74, 6) is -0.770. The smallest absolute Gasteiger partial charge is 0.325 e. The lowest BCUT2D eigenvalue weighted by Crippen LogP contribution is -2.52. The molecule has 0 radical (unpaired) electrons. The maximum Gasteiger partial charge on any atom is 0.325 e. The van der Waals surface area contributed by atoms with Gasteiger partial charge in [-0.05, 0) is 50.5 Å². The molecule has 3 atom stereocenters. The Balaban J connectivity index is 1.57. The second-order valence-electron chi connectivity index (χ2n) is 8.45. The summed E-state index contributed by atoms with van der Waals surface area (Å²) in [6.07, 6.45) is 3.24. The van der Waals surface area contributed by atoms with Gasteiger partial charge >= 0.3 is 6.03 Å². The summed E-state index contributed by atoms with van der Waals surface area (Å²) in [7, 11) is -3.17. The van der Waals surface area contributed by atoms with Crippen LogP contribution in [0.15, 0.2) is 11.4 Å². The maximum atomic E-state index is 13.4. The minimum atomic E-state index is -3.17. The fourth-order valence-corrected chi connectivity index (χ4v) is 7.61. The Bertz CT molecular complexity index is 988. The highest BCUT2D eigenvalue weighted by Gasteiger charge is 2.55. The van der Waals surface area contributed by atoms with Gasteiger partial charge in [0.05, 0.1) is 11.5 Å². The average molecular weight is 454 g/mol. The molecule has 0 bridgehead atoms. The van der Waals surface area contributed by atoms with Gasteiger partial charge in [0.25, 0.3) is 5.91 Å². The third-order valence-electron chi connectivity index (χ3n) is 6.59. The van der Waals surface area contributed by atoms with Gasteiger partial charge in [0.1, 0.15) is 12.1 Å². The lowest BCUT2D eigenvalue weighted by molar-refractivity contribution is -0.142. The number of hydrogen-bond acceptors (Lipinski definition) is 6. The van der Waals surface area contributed by atoms with Crippen molar-refractivity contribution in [2.45, 2.75) is 63.6 Å². The zero-order chi connectivity index (χ0) is 21.7. The molecule has 30 heavy (non-hydrogen) atoms. The molecule has 2 aliphatic heterocycles. The van der Waals surface area contributed by atoms with Crippen LogP contribution in [0.5, 0.6) is 0 Å². The van der Waals surface area contributed by atoms with E-state index in [1.807, 2.05) is 25.3 Å². The minimum absolute atomic E-state index is 0.0606. The molecule has 10 heteroatoms. The Kier molecular flexibility index (Phi) is 5.42. The van der Waals surface area contributed by atoms with E-state index >= 15 is 0 Å². The van der Waals surface area contributed by atoms with Crippen LogP contribution in [0.25, 0.3) is 0 Å². The molecule has 1 aromatic rings. The minimum Gasteiger partial charge on any atom is -0.334 e. The summed E-state index contributed by atoms with van der Waals surface area (Å²) in [6.45, 7) is 3.43. The summed E-state index contributed by atoms with van der Waals surface area (Å²) >= 11 is 1.58. The topological polar surface area (TPSA) is 104 Å². The van der Waals surface area contributed by atoms with Gasteiger partial charge < -0.3 is 10.2 Å². The van der Waals surface area contributed by atoms with Crippen LogP contribution in [0.3, 0.4) is 0 Å². The monoisotopic (exact) mass is 453 g/mol. The number of thiophene rings is 1. The van der Waals surface area contributed by atoms with Crippen molar-refractivity contribution in [1.29, 1.82) is 0 Å². The van der Waals surface area contributed by atoms with E-state index in [4.69, 9.17) is 0 Å². The summed E-state index contributed by atoms with van der Waals surface area (Å²) in [5, 5.41) is 4.79. The average Bonchev–Trinajstić information content (AvgIpc) is 3.37. The summed E-state index contributed by atoms with van der Waals surface area (Å²) < 4.78 is 23.9. The van der Waals surface area contributed by atoms with E-state index in [-0.39, 0.29) is 35.9 Å². The van der Waals surface area contributed by atoms with Gasteiger partial charge in [0.2, 0.25) is 5.91 Å². The first-order valence-corrected chi connectivity index (χ1v) is 13.1. The Morgan fingerprint density at radius 2 is 2.20 bits per heavy atom. The van der Waals surface area contributed by atoms with Crippen molar-refractivity contribution in [3.8, 4) is 0 Å². The van der Waals surface area contributed by atoms with E-state index < -0.39 is 27.4 Å². The van der Waals surface area contributed by atoms with Crippen molar-refractivity contribution < 1.29 is 22.8 Å². The van der Waals surface area contributed by atoms with Crippen LogP contribution < -0.4 is 5.32 Å². The molecule has 8 nitrogen and oxygen atoms in total. The second kappa shape index (κ2) is 7.64. The van der Waals surface area contributed by atoms with Gasteiger partial charge in [-0.15, -0.1) is 11.3 Å². The van der Waals surface area contributed by atoms with Crippen molar-refractivity contribution in [2.24, 2.45) is 0 Å². The zero-order valence-electron chi connectivity index (χ0n) is 17.2. The Labute approximate surface area is 180 Å². The standard InChI is InChI=1S/C20H27N3O5S2/c1-3-13(2)23(14-7-10-30(27,28)12-14)17(24)11-22-18(25)20(21-19(22)26)8-4-5-16-15(20)6-9-29-16/h6,9,13-14H,3-5,7-8,10-12H2,1-2H3,(H,21,26). The largest absolute Gasteiger partial charge is 0.334 e. The molecule has 1 aromatic heterocycles. The molecule has 3 heterocycles. The molecule has 2 saturated heterocycles. The first-order valence-electron chi connectivity index (χ1n) is 10.4. The molecule has 0 saturated carbocycles. The third kappa shape index (κ3) is 3.43. The number of amides is 4. The van der Waals surface area contributed by atoms with E-state index in [0.29, 0.717) is 19.3 Å². The number of imide groups is 1. The molecule has 3 unspecified atom stereocenters. The van der Waals surface area contributed by atoms with Crippen LogP contribution in [0.4, 0.5) is 4.79 Å². The van der Waals surface area contributed by atoms with E-state index in [9.17, 15) is 22.8 Å². The molecule has 0 aromatic carbocycles. The van der Waals surface area contributed by atoms with Crippen molar-refractivity contribution in [2.75, 3.05) is 18.1 Å². The molecule has 2 fully saturated rings. The van der Waals surface area contributed by atoms with E-state index in [2.05, 4.69) is 5.32 Å². The lowest BCUT2D eigenvalue weighted by Gasteiger charge is -2.35. The fourth-order valence-electron chi connectivity index (χ4n) is 4.90. The molecule has 4 amide bonds. The molecule has 3 aliphatic rings. The van der Waals surface area contributed by atoms with E-state index in [0.717, 1.165) is 28.2 Å². The molecule has 164 valence electrons. The number of hydrogen-bond donors (Lipinski definition) is 1. The first kappa shape index (κ1) is 21.3. The van der Waals surface area contributed by atoms with Crippen molar-refractivity contribution >= 4 is 39.0 Å². The summed E-state index contributed by atoms with van der Waals surface area (Å²) in [6, 6.07) is 0.738. The normalized spacial score (nSPS) is 28.5. The van der Waals surface area contributed by atoms with Gasteiger partial charge in [-0.25, -0.2) is 13.2 Å². The number of fused-ring (bicyclic) bond motifs is 2. The molecule has 4 rings (SSSR count). The molecular formula is C20H27N3O5S2. The Hall–Kier alpha value is -1.94. The molecular weight excluding hydrogens is 426 g/mol. The number of urea groups is 1. The number of nitrogens with zero attached hydrogens (tertiary/aromatic N) is 2. The molecule has 1 spiro atoms. The maximum absolute atomic E-state index is 13.4.